The van der Waals surface area contributed by atoms with E-state index in [-0.39, 0.29) is 86.8 Å². The van der Waals surface area contributed by atoms with Crippen LogP contribution >= 0.6 is 0 Å². The minimum Gasteiger partial charge on any atom is -0.455 e. The Morgan fingerprint density at radius 3 is 1.69 bits per heavy atom. The molecule has 0 amide bonds. The van der Waals surface area contributed by atoms with Gasteiger partial charge in [0.2, 0.25) is 0 Å². The van der Waals surface area contributed by atoms with Gasteiger partial charge >= 0.3 is 0 Å². The summed E-state index contributed by atoms with van der Waals surface area (Å²) in [5.74, 6) is 0.496. The molecule has 0 bridgehead atoms. The van der Waals surface area contributed by atoms with Gasteiger partial charge in [-0.15, -0.1) is 0 Å². The fraction of sp³-hybridized carbons (Fsp3) is 0. The molecule has 6 nitrogen and oxygen atoms in total. The van der Waals surface area contributed by atoms with Crippen molar-refractivity contribution in [2.45, 2.75) is 0 Å². The monoisotopic (exact) mass is 661 g/mol. The maximum atomic E-state index is 9.57. The Labute approximate surface area is 298 Å². The van der Waals surface area contributed by atoms with Crippen LogP contribution in [0.25, 0.3) is 111 Å². The van der Waals surface area contributed by atoms with E-state index in [0.29, 0.717) is 39.0 Å². The van der Waals surface area contributed by atoms with E-state index in [9.17, 15) is 4.11 Å². The Morgan fingerprint density at radius 1 is 0.373 bits per heavy atom. The molecule has 7 aromatic carbocycles. The minimum atomic E-state index is -0.385. The number of furan rings is 3. The maximum absolute atomic E-state index is 9.57. The molecule has 51 heavy (non-hydrogen) atoms. The van der Waals surface area contributed by atoms with Crippen LogP contribution in [0.15, 0.2) is 165 Å². The van der Waals surface area contributed by atoms with Crippen LogP contribution < -0.4 is 0 Å². The molecule has 0 unspecified atom stereocenters. The molecule has 0 spiro atoms. The second kappa shape index (κ2) is 10.7. The molecular formula is C45H25N3O3. The van der Waals surface area contributed by atoms with E-state index in [4.69, 9.17) is 32.3 Å². The zero-order chi connectivity index (χ0) is 38.7. The normalized spacial score (nSPS) is 13.6. The minimum absolute atomic E-state index is 0.0184. The summed E-state index contributed by atoms with van der Waals surface area (Å²) in [5.41, 5.74) is 4.14. The molecular weight excluding hydrogens is 631 g/mol. The van der Waals surface area contributed by atoms with E-state index in [0.717, 1.165) is 21.5 Å². The number of benzene rings is 7. The fourth-order valence-corrected chi connectivity index (χ4v) is 6.91. The number of aromatic nitrogens is 3. The topological polar surface area (TPSA) is 78.1 Å². The Balaban J connectivity index is 1.20. The molecule has 4 heterocycles. The lowest BCUT2D eigenvalue weighted by Crippen LogP contribution is -2.00. The van der Waals surface area contributed by atoms with Gasteiger partial charge in [0, 0.05) is 54.6 Å². The van der Waals surface area contributed by atoms with Crippen molar-refractivity contribution in [3.63, 3.8) is 0 Å². The summed E-state index contributed by atoms with van der Waals surface area (Å²) in [5, 5.41) is 3.55. The third kappa shape index (κ3) is 4.26. The van der Waals surface area contributed by atoms with Crippen molar-refractivity contribution in [2.75, 3.05) is 0 Å². The average Bonchev–Trinajstić information content (AvgIpc) is 3.95. The summed E-state index contributed by atoms with van der Waals surface area (Å²) in [4.78, 5) is 14.5. The first kappa shape index (κ1) is 22.6. The van der Waals surface area contributed by atoms with Crippen LogP contribution in [0.1, 0.15) is 8.22 Å². The molecule has 0 aliphatic rings. The highest BCUT2D eigenvalue weighted by molar-refractivity contribution is 6.15. The predicted octanol–water partition coefficient (Wildman–Crippen LogP) is 12.2. The summed E-state index contributed by atoms with van der Waals surface area (Å²) >= 11 is 0. The van der Waals surface area contributed by atoms with Gasteiger partial charge in [-0.05, 0) is 30.3 Å². The fourth-order valence-electron chi connectivity index (χ4n) is 6.91. The molecule has 0 saturated heterocycles. The van der Waals surface area contributed by atoms with Gasteiger partial charge in [-0.2, -0.15) is 0 Å². The van der Waals surface area contributed by atoms with Crippen molar-refractivity contribution >= 4 is 65.8 Å². The van der Waals surface area contributed by atoms with Gasteiger partial charge in [-0.1, -0.05) is 121 Å². The molecule has 0 fully saturated rings. The Bertz CT molecular complexity index is 3500. The molecule has 4 aromatic heterocycles. The first-order valence-electron chi connectivity index (χ1n) is 19.4. The van der Waals surface area contributed by atoms with Crippen LogP contribution in [0.5, 0.6) is 0 Å². The Kier molecular flexibility index (Phi) is 4.74. The van der Waals surface area contributed by atoms with Gasteiger partial charge in [-0.25, -0.2) is 15.0 Å². The van der Waals surface area contributed by atoms with Gasteiger partial charge < -0.3 is 13.3 Å². The third-order valence-corrected chi connectivity index (χ3v) is 9.27. The van der Waals surface area contributed by atoms with Crippen molar-refractivity contribution in [1.82, 2.24) is 15.0 Å². The van der Waals surface area contributed by atoms with Gasteiger partial charge in [0.1, 0.15) is 33.5 Å². The number of hydrogen-bond donors (Lipinski definition) is 0. The maximum Gasteiger partial charge on any atom is 0.167 e. The molecule has 0 N–H and O–H groups in total. The lowest BCUT2D eigenvalue weighted by molar-refractivity contribution is 0.665. The van der Waals surface area contributed by atoms with Crippen LogP contribution in [-0.2, 0) is 0 Å². The second-order valence-electron chi connectivity index (χ2n) is 12.2. The second-order valence-corrected chi connectivity index (χ2v) is 12.2. The average molecular weight is 662 g/mol. The van der Waals surface area contributed by atoms with Crippen molar-refractivity contribution < 1.29 is 21.5 Å². The van der Waals surface area contributed by atoms with Crippen LogP contribution in [0, 0.1) is 0 Å². The van der Waals surface area contributed by atoms with Crippen LogP contribution in [-0.4, -0.2) is 15.0 Å². The molecule has 238 valence electrons. The number of hydrogen-bond acceptors (Lipinski definition) is 6. The van der Waals surface area contributed by atoms with Crippen molar-refractivity contribution in [2.24, 2.45) is 0 Å². The molecule has 0 saturated carbocycles. The van der Waals surface area contributed by atoms with Crippen molar-refractivity contribution in [3.8, 4) is 45.3 Å². The van der Waals surface area contributed by atoms with E-state index >= 15 is 0 Å². The zero-order valence-corrected chi connectivity index (χ0v) is 26.5. The first-order chi connectivity index (χ1) is 27.8. The standard InChI is InChI=1S/C45H25N3O3/c1-2-11-26(12-3-1)43-46-44(48-45(47-43)36-20-10-17-32-29-14-5-7-22-38(29)50-42(32)36)27-23-24-30-33-16-9-19-35(41(33)51-39(30)25-27)34-18-8-15-31-28-13-4-6-21-37(28)49-40(31)34/h1-25H/i9D,16D,19D,23D,24D,25D. The van der Waals surface area contributed by atoms with Crippen LogP contribution in [0.3, 0.4) is 0 Å². The molecule has 0 aliphatic heterocycles. The van der Waals surface area contributed by atoms with Crippen molar-refractivity contribution in [1.29, 1.82) is 0 Å². The highest BCUT2D eigenvalue weighted by atomic mass is 16.3. The number of rotatable bonds is 4. The summed E-state index contributed by atoms with van der Waals surface area (Å²) in [6, 6.07) is 33.8. The third-order valence-electron chi connectivity index (χ3n) is 9.27. The number of para-hydroxylation sites is 5. The van der Waals surface area contributed by atoms with Crippen molar-refractivity contribution in [3.05, 3.63) is 152 Å². The zero-order valence-electron chi connectivity index (χ0n) is 32.5. The quantitative estimate of drug-likeness (QED) is 0.187. The number of nitrogens with zero attached hydrogens (tertiary/aromatic N) is 3. The highest BCUT2D eigenvalue weighted by Crippen LogP contribution is 2.42. The van der Waals surface area contributed by atoms with E-state index in [1.54, 1.807) is 6.07 Å². The summed E-state index contributed by atoms with van der Waals surface area (Å²) in [7, 11) is 0. The predicted molar refractivity (Wildman–Crippen MR) is 203 cm³/mol. The summed E-state index contributed by atoms with van der Waals surface area (Å²) in [6.07, 6.45) is 0. The summed E-state index contributed by atoms with van der Waals surface area (Å²) in [6.45, 7) is 0. The molecule has 11 aromatic rings. The van der Waals surface area contributed by atoms with Gasteiger partial charge in [0.15, 0.2) is 17.5 Å². The lowest BCUT2D eigenvalue weighted by Gasteiger charge is -2.08. The molecule has 0 atom stereocenters. The van der Waals surface area contributed by atoms with Gasteiger partial charge in [0.25, 0.3) is 0 Å². The van der Waals surface area contributed by atoms with E-state index in [2.05, 4.69) is 0 Å². The lowest BCUT2D eigenvalue weighted by atomic mass is 10.00. The SMILES string of the molecule is [2H]c1c([2H])c([2H])c2c(oc3c([2H])c(-c4nc(-c5ccccc5)nc(-c5cccc6c5oc5ccccc56)n4)c([2H])c([2H])c32)c1-c1cccc2c1oc1ccccc12. The van der Waals surface area contributed by atoms with Crippen LogP contribution in [0.4, 0.5) is 0 Å². The molecule has 11 rings (SSSR count). The van der Waals surface area contributed by atoms with Crippen LogP contribution in [0.2, 0.25) is 0 Å². The Morgan fingerprint density at radius 2 is 0.941 bits per heavy atom. The van der Waals surface area contributed by atoms with E-state index in [1.165, 1.54) is 0 Å². The van der Waals surface area contributed by atoms with Gasteiger partial charge in [-0.3, -0.25) is 0 Å². The molecule has 0 aliphatic carbocycles. The smallest absolute Gasteiger partial charge is 0.167 e. The largest absolute Gasteiger partial charge is 0.455 e. The molecule has 6 heteroatoms. The first-order valence-corrected chi connectivity index (χ1v) is 16.4. The number of fused-ring (bicyclic) bond motifs is 9. The van der Waals surface area contributed by atoms with E-state index in [1.807, 2.05) is 109 Å². The van der Waals surface area contributed by atoms with E-state index < -0.39 is 0 Å². The van der Waals surface area contributed by atoms with Gasteiger partial charge in [0.05, 0.1) is 13.8 Å². The Hall–Kier alpha value is -7.05. The highest BCUT2D eigenvalue weighted by Gasteiger charge is 2.20. The summed E-state index contributed by atoms with van der Waals surface area (Å²) < 4.78 is 74.4. The molecule has 0 radical (unpaired) electrons.